The van der Waals surface area contributed by atoms with E-state index in [1.165, 1.54) is 16.7 Å². The number of pyridine rings is 2. The third-order valence-electron chi connectivity index (χ3n) is 7.65. The molecule has 7 aromatic rings. The van der Waals surface area contributed by atoms with Crippen molar-refractivity contribution in [1.82, 2.24) is 14.5 Å². The summed E-state index contributed by atoms with van der Waals surface area (Å²) in [5.74, 6) is 1.84. The Bertz CT molecular complexity index is 2110. The molecule has 0 saturated carbocycles. The van der Waals surface area contributed by atoms with Gasteiger partial charge >= 0.3 is 0 Å². The second-order valence-corrected chi connectivity index (χ2v) is 10.7. The first kappa shape index (κ1) is 27.7. The van der Waals surface area contributed by atoms with Crippen molar-refractivity contribution >= 4 is 32.7 Å². The largest absolute Gasteiger partial charge is 0.506 e. The summed E-state index contributed by atoms with van der Waals surface area (Å²) in [4.78, 5) is 9.43. The van der Waals surface area contributed by atoms with E-state index in [-0.39, 0.29) is 26.8 Å². The van der Waals surface area contributed by atoms with Gasteiger partial charge in [0.2, 0.25) is 5.88 Å². The van der Waals surface area contributed by atoms with Crippen LogP contribution in [-0.2, 0) is 21.1 Å². The Morgan fingerprint density at radius 3 is 2.29 bits per heavy atom. The smallest absolute Gasteiger partial charge is 0.217 e. The first-order chi connectivity index (χ1) is 19.9. The Kier molecular flexibility index (Phi) is 7.08. The number of aromatic hydroxyl groups is 1. The van der Waals surface area contributed by atoms with Crippen LogP contribution in [0.1, 0.15) is 22.3 Å². The average Bonchev–Trinajstić information content (AvgIpc) is 3.28. The molecule has 210 valence electrons. The number of fused-ring (bicyclic) bond motifs is 4. The Balaban J connectivity index is 0.00000316. The second kappa shape index (κ2) is 10.7. The third kappa shape index (κ3) is 4.64. The molecule has 4 aromatic carbocycles. The quantitative estimate of drug-likeness (QED) is 0.184. The van der Waals surface area contributed by atoms with Crippen LogP contribution in [0.3, 0.4) is 0 Å². The van der Waals surface area contributed by atoms with Gasteiger partial charge in [0.1, 0.15) is 17.1 Å². The standard InChI is InChI=1S/C36H28N3O2.Pt/c1-21-9-15-33(37-20-21)39-30-8-6-5-7-26(30)27-11-10-25(19-31(27)39)41-34-16-13-29-28(12-14-32(40)36(29)38-34)35-23(3)17-22(2)18-24(35)4;/h5-18,20,40H,1-4H3;/q-1;. The van der Waals surface area contributed by atoms with Gasteiger partial charge in [-0.1, -0.05) is 47.5 Å². The summed E-state index contributed by atoms with van der Waals surface area (Å²) in [5, 5.41) is 13.8. The van der Waals surface area contributed by atoms with Gasteiger partial charge in [-0.15, -0.1) is 17.5 Å². The van der Waals surface area contributed by atoms with E-state index in [0.717, 1.165) is 49.7 Å². The predicted molar refractivity (Wildman–Crippen MR) is 165 cm³/mol. The summed E-state index contributed by atoms with van der Waals surface area (Å²) < 4.78 is 8.36. The van der Waals surface area contributed by atoms with Crippen molar-refractivity contribution in [3.63, 3.8) is 0 Å². The molecule has 42 heavy (non-hydrogen) atoms. The number of para-hydroxylation sites is 1. The Morgan fingerprint density at radius 2 is 1.52 bits per heavy atom. The normalized spacial score (nSPS) is 11.2. The molecule has 0 unspecified atom stereocenters. The van der Waals surface area contributed by atoms with Gasteiger partial charge < -0.3 is 14.4 Å². The molecule has 0 bridgehead atoms. The van der Waals surface area contributed by atoms with Crippen LogP contribution in [0.4, 0.5) is 0 Å². The maximum Gasteiger partial charge on any atom is 0.217 e. The summed E-state index contributed by atoms with van der Waals surface area (Å²) in [6.07, 6.45) is 1.87. The van der Waals surface area contributed by atoms with Crippen molar-refractivity contribution in [2.75, 3.05) is 0 Å². The average molecular weight is 730 g/mol. The van der Waals surface area contributed by atoms with E-state index in [1.54, 1.807) is 6.07 Å². The van der Waals surface area contributed by atoms with Gasteiger partial charge in [-0.25, -0.2) is 9.97 Å². The summed E-state index contributed by atoms with van der Waals surface area (Å²) in [6, 6.07) is 31.6. The zero-order valence-corrected chi connectivity index (χ0v) is 25.9. The molecule has 3 aromatic heterocycles. The van der Waals surface area contributed by atoms with Crippen LogP contribution < -0.4 is 4.74 Å². The predicted octanol–water partition coefficient (Wildman–Crippen LogP) is 8.92. The van der Waals surface area contributed by atoms with Gasteiger partial charge in [-0.3, -0.25) is 0 Å². The maximum atomic E-state index is 10.8. The SMILES string of the molecule is Cc1ccc(-n2c3[c-]c(Oc4ccc5c(-c6c(C)cc(C)cc6C)ccc(O)c5n4)ccc3c3ccccc32)nc1.[Pt]. The van der Waals surface area contributed by atoms with Gasteiger partial charge in [0.05, 0.1) is 0 Å². The van der Waals surface area contributed by atoms with E-state index in [9.17, 15) is 5.11 Å². The molecule has 6 heteroatoms. The van der Waals surface area contributed by atoms with E-state index < -0.39 is 0 Å². The zero-order chi connectivity index (χ0) is 28.2. The second-order valence-electron chi connectivity index (χ2n) is 10.7. The van der Waals surface area contributed by atoms with Crippen LogP contribution >= 0.6 is 0 Å². The fourth-order valence-electron chi connectivity index (χ4n) is 5.94. The van der Waals surface area contributed by atoms with E-state index in [2.05, 4.69) is 61.7 Å². The van der Waals surface area contributed by atoms with E-state index in [4.69, 9.17) is 14.7 Å². The number of phenolic OH excluding ortho intramolecular Hbond substituents is 1. The molecular formula is C36H28N3O2Pt-. The van der Waals surface area contributed by atoms with Crippen LogP contribution in [0.25, 0.3) is 49.7 Å². The number of benzene rings is 4. The van der Waals surface area contributed by atoms with E-state index in [0.29, 0.717) is 17.1 Å². The number of rotatable bonds is 4. The van der Waals surface area contributed by atoms with Crippen LogP contribution in [0.5, 0.6) is 17.4 Å². The van der Waals surface area contributed by atoms with Gasteiger partial charge in [0.15, 0.2) is 0 Å². The molecule has 0 fully saturated rings. The van der Waals surface area contributed by atoms with Crippen molar-refractivity contribution in [2.45, 2.75) is 27.7 Å². The molecule has 0 atom stereocenters. The van der Waals surface area contributed by atoms with Crippen LogP contribution in [-0.4, -0.2) is 19.6 Å². The molecule has 3 heterocycles. The minimum absolute atomic E-state index is 0. The fraction of sp³-hybridized carbons (Fsp3) is 0.111. The number of nitrogens with zero attached hydrogens (tertiary/aromatic N) is 3. The molecule has 0 radical (unpaired) electrons. The zero-order valence-electron chi connectivity index (χ0n) is 23.7. The van der Waals surface area contributed by atoms with Crippen molar-refractivity contribution in [1.29, 1.82) is 0 Å². The summed E-state index contributed by atoms with van der Waals surface area (Å²) >= 11 is 0. The summed E-state index contributed by atoms with van der Waals surface area (Å²) in [6.45, 7) is 8.38. The monoisotopic (exact) mass is 729 g/mol. The third-order valence-corrected chi connectivity index (χ3v) is 7.65. The molecule has 0 aliphatic heterocycles. The molecule has 0 aliphatic carbocycles. The molecule has 1 N–H and O–H groups in total. The van der Waals surface area contributed by atoms with Crippen molar-refractivity contribution < 1.29 is 30.9 Å². The molecule has 0 spiro atoms. The number of ether oxygens (including phenoxy) is 1. The van der Waals surface area contributed by atoms with Gasteiger partial charge in [-0.2, -0.15) is 6.07 Å². The minimum Gasteiger partial charge on any atom is -0.506 e. The fourth-order valence-corrected chi connectivity index (χ4v) is 5.94. The number of aromatic nitrogens is 3. The molecule has 0 amide bonds. The number of hydrogen-bond acceptors (Lipinski definition) is 4. The first-order valence-corrected chi connectivity index (χ1v) is 13.6. The Hall–Kier alpha value is -4.47. The summed E-state index contributed by atoms with van der Waals surface area (Å²) in [5.41, 5.74) is 9.33. The minimum atomic E-state index is 0. The maximum absolute atomic E-state index is 10.8. The van der Waals surface area contributed by atoms with Gasteiger partial charge in [0.25, 0.3) is 0 Å². The topological polar surface area (TPSA) is 60.2 Å². The van der Waals surface area contributed by atoms with Crippen LogP contribution in [0.2, 0.25) is 0 Å². The summed E-state index contributed by atoms with van der Waals surface area (Å²) in [7, 11) is 0. The van der Waals surface area contributed by atoms with Gasteiger partial charge in [0, 0.05) is 50.0 Å². The van der Waals surface area contributed by atoms with Crippen molar-refractivity contribution in [3.05, 3.63) is 119 Å². The number of aryl methyl sites for hydroxylation is 4. The van der Waals surface area contributed by atoms with Crippen LogP contribution in [0.15, 0.2) is 91.1 Å². The van der Waals surface area contributed by atoms with Crippen molar-refractivity contribution in [3.8, 4) is 34.3 Å². The van der Waals surface area contributed by atoms with Gasteiger partial charge in [-0.05, 0) is 91.2 Å². The van der Waals surface area contributed by atoms with E-state index in [1.807, 2.05) is 61.7 Å². The Labute approximate surface area is 258 Å². The van der Waals surface area contributed by atoms with Crippen LogP contribution in [0, 0.1) is 33.8 Å². The van der Waals surface area contributed by atoms with Crippen molar-refractivity contribution in [2.24, 2.45) is 0 Å². The molecular weight excluding hydrogens is 701 g/mol. The molecule has 0 aliphatic rings. The Morgan fingerprint density at radius 1 is 0.762 bits per heavy atom. The first-order valence-electron chi connectivity index (χ1n) is 13.6. The number of hydrogen-bond donors (Lipinski definition) is 1. The molecule has 7 rings (SSSR count). The molecule has 5 nitrogen and oxygen atoms in total. The molecule has 0 saturated heterocycles. The van der Waals surface area contributed by atoms with E-state index >= 15 is 0 Å². The number of phenols is 1.